The van der Waals surface area contributed by atoms with Gasteiger partial charge in [0.1, 0.15) is 5.01 Å². The minimum Gasteiger partial charge on any atom is -0.411 e. The molecule has 3 aromatic rings. The van der Waals surface area contributed by atoms with Gasteiger partial charge in [-0.25, -0.2) is 0 Å². The molecule has 2 heterocycles. The largest absolute Gasteiger partial charge is 0.411 e. The Morgan fingerprint density at radius 1 is 1.36 bits per heavy atom. The van der Waals surface area contributed by atoms with Crippen molar-refractivity contribution in [3.8, 4) is 11.5 Å². The van der Waals surface area contributed by atoms with Gasteiger partial charge in [0.05, 0.1) is 10.7 Å². The third-order valence-corrected chi connectivity index (χ3v) is 4.38. The summed E-state index contributed by atoms with van der Waals surface area (Å²) in [5, 5.41) is 30.0. The summed E-state index contributed by atoms with van der Waals surface area (Å²) in [4.78, 5) is 22.1. The quantitative estimate of drug-likeness (QED) is 0.389. The number of aromatic nitrogens is 4. The van der Waals surface area contributed by atoms with Gasteiger partial charge in [0.2, 0.25) is 16.9 Å². The van der Waals surface area contributed by atoms with E-state index in [1.807, 2.05) is 0 Å². The zero-order chi connectivity index (χ0) is 17.8. The molecule has 0 saturated heterocycles. The van der Waals surface area contributed by atoms with Crippen molar-refractivity contribution in [1.29, 1.82) is 0 Å². The van der Waals surface area contributed by atoms with Crippen LogP contribution in [0, 0.1) is 17.0 Å². The number of amides is 1. The lowest BCUT2D eigenvalue weighted by atomic mass is 10.2. The average molecular weight is 378 g/mol. The maximum absolute atomic E-state index is 11.8. The fraction of sp³-hybridized carbons (Fsp3) is 0.154. The first-order valence-corrected chi connectivity index (χ1v) is 8.62. The number of rotatable bonds is 6. The van der Waals surface area contributed by atoms with Gasteiger partial charge in [0.25, 0.3) is 10.9 Å². The second kappa shape index (κ2) is 7.36. The summed E-state index contributed by atoms with van der Waals surface area (Å²) < 4.78 is 5.42. The maximum atomic E-state index is 11.8. The molecule has 10 nitrogen and oxygen atoms in total. The van der Waals surface area contributed by atoms with E-state index in [9.17, 15) is 14.9 Å². The van der Waals surface area contributed by atoms with Crippen LogP contribution in [-0.4, -0.2) is 37.0 Å². The Balaban J connectivity index is 1.61. The van der Waals surface area contributed by atoms with Crippen molar-refractivity contribution in [3.05, 3.63) is 39.4 Å². The van der Waals surface area contributed by atoms with Gasteiger partial charge in [-0.05, 0) is 13.0 Å². The summed E-state index contributed by atoms with van der Waals surface area (Å²) in [6.45, 7) is 1.79. The van der Waals surface area contributed by atoms with E-state index in [0.29, 0.717) is 10.7 Å². The number of carbonyl (C=O) groups is 1. The van der Waals surface area contributed by atoms with Crippen molar-refractivity contribution >= 4 is 39.8 Å². The summed E-state index contributed by atoms with van der Waals surface area (Å²) >= 11 is 2.32. The number of nitro groups is 1. The third kappa shape index (κ3) is 4.36. The molecule has 0 atom stereocenters. The van der Waals surface area contributed by atoms with Gasteiger partial charge in [-0.3, -0.25) is 20.2 Å². The van der Waals surface area contributed by atoms with Gasteiger partial charge in [-0.2, -0.15) is 0 Å². The van der Waals surface area contributed by atoms with Crippen molar-refractivity contribution in [1.82, 2.24) is 20.4 Å². The number of hydrogen-bond acceptors (Lipinski definition) is 10. The highest BCUT2D eigenvalue weighted by Gasteiger charge is 2.14. The van der Waals surface area contributed by atoms with Crippen LogP contribution >= 0.6 is 23.1 Å². The molecular weight excluding hydrogens is 368 g/mol. The predicted molar refractivity (Wildman–Crippen MR) is 90.4 cm³/mol. The van der Waals surface area contributed by atoms with Gasteiger partial charge >= 0.3 is 0 Å². The fourth-order valence-electron chi connectivity index (χ4n) is 1.77. The van der Waals surface area contributed by atoms with Crippen LogP contribution in [-0.2, 0) is 4.79 Å². The number of carbonyl (C=O) groups excluding carboxylic acids is 1. The Kier molecular flexibility index (Phi) is 5.00. The summed E-state index contributed by atoms with van der Waals surface area (Å²) in [6, 6.07) is 5.86. The van der Waals surface area contributed by atoms with E-state index in [0.717, 1.165) is 16.8 Å². The van der Waals surface area contributed by atoms with E-state index in [1.165, 1.54) is 29.5 Å². The fourth-order valence-corrected chi connectivity index (χ4v) is 2.94. The van der Waals surface area contributed by atoms with Crippen LogP contribution in [0.1, 0.15) is 5.01 Å². The second-order valence-corrected chi connectivity index (χ2v) is 6.75. The molecule has 0 radical (unpaired) electrons. The zero-order valence-electron chi connectivity index (χ0n) is 12.7. The second-order valence-electron chi connectivity index (χ2n) is 4.64. The topological polar surface area (TPSA) is 137 Å². The van der Waals surface area contributed by atoms with Gasteiger partial charge in [-0.1, -0.05) is 29.2 Å². The standard InChI is InChI=1S/C13H10N6O4S2/c1-7-15-17-12(25-7)14-10(20)6-24-13-18-16-11(23-13)8-3-2-4-9(5-8)19(21)22/h2-5H,6H2,1H3,(H,14,17,20). The molecule has 2 aromatic heterocycles. The van der Waals surface area contributed by atoms with E-state index in [-0.39, 0.29) is 28.5 Å². The number of nitrogens with zero attached hydrogens (tertiary/aromatic N) is 5. The third-order valence-electron chi connectivity index (χ3n) is 2.81. The van der Waals surface area contributed by atoms with Crippen molar-refractivity contribution in [3.63, 3.8) is 0 Å². The van der Waals surface area contributed by atoms with Gasteiger partial charge in [-0.15, -0.1) is 20.4 Å². The molecule has 0 bridgehead atoms. The number of non-ortho nitro benzene ring substituents is 1. The number of anilines is 1. The smallest absolute Gasteiger partial charge is 0.277 e. The van der Waals surface area contributed by atoms with Crippen LogP contribution in [0.5, 0.6) is 0 Å². The molecule has 0 saturated carbocycles. The molecule has 1 N–H and O–H groups in total. The molecule has 1 amide bonds. The highest BCUT2D eigenvalue weighted by atomic mass is 32.2. The van der Waals surface area contributed by atoms with Crippen LogP contribution in [0.3, 0.4) is 0 Å². The van der Waals surface area contributed by atoms with Crippen molar-refractivity contribution in [2.45, 2.75) is 12.1 Å². The van der Waals surface area contributed by atoms with E-state index in [2.05, 4.69) is 25.7 Å². The van der Waals surface area contributed by atoms with Crippen molar-refractivity contribution in [2.24, 2.45) is 0 Å². The van der Waals surface area contributed by atoms with Gasteiger partial charge < -0.3 is 4.42 Å². The first kappa shape index (κ1) is 17.0. The SMILES string of the molecule is Cc1nnc(NC(=O)CSc2nnc(-c3cccc([N+](=O)[O-])c3)o2)s1. The van der Waals surface area contributed by atoms with Crippen molar-refractivity contribution < 1.29 is 14.1 Å². The lowest BCUT2D eigenvalue weighted by molar-refractivity contribution is -0.384. The highest BCUT2D eigenvalue weighted by Crippen LogP contribution is 2.26. The van der Waals surface area contributed by atoms with Crippen LogP contribution < -0.4 is 5.32 Å². The molecule has 0 unspecified atom stereocenters. The van der Waals surface area contributed by atoms with E-state index >= 15 is 0 Å². The number of thioether (sulfide) groups is 1. The molecule has 1 aromatic carbocycles. The Labute approximate surface area is 148 Å². The Bertz CT molecular complexity index is 925. The number of nitro benzene ring substituents is 1. The lowest BCUT2D eigenvalue weighted by Crippen LogP contribution is -2.13. The normalized spacial score (nSPS) is 10.6. The number of hydrogen-bond donors (Lipinski definition) is 1. The Morgan fingerprint density at radius 2 is 2.20 bits per heavy atom. The number of benzene rings is 1. The minimum absolute atomic E-state index is 0.0508. The van der Waals surface area contributed by atoms with Crippen LogP contribution in [0.15, 0.2) is 33.9 Å². The Hall–Kier alpha value is -2.86. The monoisotopic (exact) mass is 378 g/mol. The first-order chi connectivity index (χ1) is 12.0. The summed E-state index contributed by atoms with van der Waals surface area (Å²) in [7, 11) is 0. The number of nitrogens with one attached hydrogen (secondary N) is 1. The molecule has 25 heavy (non-hydrogen) atoms. The first-order valence-electron chi connectivity index (χ1n) is 6.82. The molecule has 128 valence electrons. The van der Waals surface area contributed by atoms with Crippen LogP contribution in [0.2, 0.25) is 0 Å². The Morgan fingerprint density at radius 3 is 2.92 bits per heavy atom. The van der Waals surface area contributed by atoms with E-state index in [1.54, 1.807) is 13.0 Å². The van der Waals surface area contributed by atoms with Crippen LogP contribution in [0.25, 0.3) is 11.5 Å². The molecule has 12 heteroatoms. The van der Waals surface area contributed by atoms with Crippen molar-refractivity contribution in [2.75, 3.05) is 11.1 Å². The molecule has 0 aliphatic carbocycles. The molecule has 3 rings (SSSR count). The average Bonchev–Trinajstić information content (AvgIpc) is 3.22. The molecular formula is C13H10N6O4S2. The molecule has 0 aliphatic rings. The summed E-state index contributed by atoms with van der Waals surface area (Å²) in [5.41, 5.74) is 0.360. The van der Waals surface area contributed by atoms with E-state index < -0.39 is 4.92 Å². The lowest BCUT2D eigenvalue weighted by Gasteiger charge is -1.98. The molecule has 0 aliphatic heterocycles. The van der Waals surface area contributed by atoms with Gasteiger partial charge in [0.15, 0.2) is 0 Å². The van der Waals surface area contributed by atoms with E-state index in [4.69, 9.17) is 4.42 Å². The maximum Gasteiger partial charge on any atom is 0.277 e. The summed E-state index contributed by atoms with van der Waals surface area (Å²) in [6.07, 6.45) is 0. The summed E-state index contributed by atoms with van der Waals surface area (Å²) in [5.74, 6) is -0.0857. The predicted octanol–water partition coefficient (Wildman–Crippen LogP) is 2.54. The molecule has 0 fully saturated rings. The van der Waals surface area contributed by atoms with Crippen LogP contribution in [0.4, 0.5) is 10.8 Å². The highest BCUT2D eigenvalue weighted by molar-refractivity contribution is 7.99. The molecule has 0 spiro atoms. The zero-order valence-corrected chi connectivity index (χ0v) is 14.3. The number of aryl methyl sites for hydroxylation is 1. The minimum atomic E-state index is -0.505. The van der Waals surface area contributed by atoms with Gasteiger partial charge in [0, 0.05) is 17.7 Å².